The molecule has 2 aromatic carbocycles. The van der Waals surface area contributed by atoms with Crippen molar-refractivity contribution in [1.29, 1.82) is 0 Å². The molecule has 3 heterocycles. The Balaban J connectivity index is 1.39. The molecular formula is C25H21N3O3S. The largest absolute Gasteiger partial charge is 0.346 e. The Hall–Kier alpha value is -3.71. The van der Waals surface area contributed by atoms with Crippen molar-refractivity contribution in [2.75, 3.05) is 11.9 Å². The molecule has 7 heteroatoms. The van der Waals surface area contributed by atoms with Crippen LogP contribution in [0.4, 0.5) is 5.69 Å². The molecule has 5 rings (SSSR count). The maximum atomic E-state index is 13.3. The van der Waals surface area contributed by atoms with Crippen LogP contribution in [0, 0.1) is 0 Å². The predicted molar refractivity (Wildman–Crippen MR) is 125 cm³/mol. The second-order valence-electron chi connectivity index (χ2n) is 7.83. The second-order valence-corrected chi connectivity index (χ2v) is 8.78. The summed E-state index contributed by atoms with van der Waals surface area (Å²) in [6.07, 6.45) is 4.46. The Morgan fingerprint density at radius 2 is 1.84 bits per heavy atom. The zero-order chi connectivity index (χ0) is 22.1. The SMILES string of the molecule is O=C(N[C@H]1CCN2C(=O)c3cc(/C=C/c4ccccc4)ccc3NC(=O)[C@H]12)c1cccs1. The van der Waals surface area contributed by atoms with Crippen LogP contribution in [0.25, 0.3) is 12.2 Å². The van der Waals surface area contributed by atoms with E-state index in [4.69, 9.17) is 0 Å². The first-order valence-corrected chi connectivity index (χ1v) is 11.3. The lowest BCUT2D eigenvalue weighted by atomic mass is 10.1. The minimum absolute atomic E-state index is 0.203. The second kappa shape index (κ2) is 8.43. The third-order valence-electron chi connectivity index (χ3n) is 5.79. The number of amides is 3. The third kappa shape index (κ3) is 3.83. The third-order valence-corrected chi connectivity index (χ3v) is 6.66. The summed E-state index contributed by atoms with van der Waals surface area (Å²) in [7, 11) is 0. The molecule has 2 aliphatic rings. The minimum atomic E-state index is -0.734. The van der Waals surface area contributed by atoms with Gasteiger partial charge in [0.1, 0.15) is 6.04 Å². The van der Waals surface area contributed by atoms with E-state index >= 15 is 0 Å². The average Bonchev–Trinajstić information content (AvgIpc) is 3.47. The van der Waals surface area contributed by atoms with Crippen LogP contribution in [-0.4, -0.2) is 41.2 Å². The predicted octanol–water partition coefficient (Wildman–Crippen LogP) is 3.88. The zero-order valence-electron chi connectivity index (χ0n) is 17.2. The standard InChI is InChI=1S/C25H21N3O3S/c29-23(21-7-4-14-32-21)27-20-12-13-28-22(20)24(30)26-19-11-10-17(15-18(19)25(28)31)9-8-16-5-2-1-3-6-16/h1-11,14-15,20,22H,12-13H2,(H,26,30)(H,27,29)/b9-8+/t20-,22-/m0/s1. The lowest BCUT2D eigenvalue weighted by Crippen LogP contribution is -2.51. The molecule has 2 atom stereocenters. The number of hydrogen-bond acceptors (Lipinski definition) is 4. The number of rotatable bonds is 4. The van der Waals surface area contributed by atoms with E-state index in [-0.39, 0.29) is 17.7 Å². The Bertz CT molecular complexity index is 1200. The van der Waals surface area contributed by atoms with Crippen LogP contribution in [-0.2, 0) is 4.79 Å². The van der Waals surface area contributed by atoms with Crippen molar-refractivity contribution in [3.63, 3.8) is 0 Å². The number of thiophene rings is 1. The summed E-state index contributed by atoms with van der Waals surface area (Å²) in [5, 5.41) is 7.66. The Kier molecular flexibility index (Phi) is 5.33. The number of fused-ring (bicyclic) bond motifs is 2. The van der Waals surface area contributed by atoms with Crippen LogP contribution >= 0.6 is 11.3 Å². The van der Waals surface area contributed by atoms with Gasteiger partial charge in [0.15, 0.2) is 0 Å². The molecule has 0 saturated carbocycles. The van der Waals surface area contributed by atoms with Crippen molar-refractivity contribution >= 4 is 46.9 Å². The van der Waals surface area contributed by atoms with Crippen LogP contribution in [0.15, 0.2) is 66.0 Å². The highest BCUT2D eigenvalue weighted by atomic mass is 32.1. The summed E-state index contributed by atoms with van der Waals surface area (Å²) in [6, 6.07) is 17.7. The summed E-state index contributed by atoms with van der Waals surface area (Å²) in [4.78, 5) is 41.0. The monoisotopic (exact) mass is 443 g/mol. The van der Waals surface area contributed by atoms with E-state index in [2.05, 4.69) is 10.6 Å². The average molecular weight is 444 g/mol. The first kappa shape index (κ1) is 20.2. The van der Waals surface area contributed by atoms with Crippen LogP contribution in [0.2, 0.25) is 0 Å². The fourth-order valence-corrected chi connectivity index (χ4v) is 4.84. The maximum absolute atomic E-state index is 13.3. The molecule has 0 bridgehead atoms. The van der Waals surface area contributed by atoms with Gasteiger partial charge in [0, 0.05) is 6.54 Å². The molecule has 3 aromatic rings. The van der Waals surface area contributed by atoms with Crippen molar-refractivity contribution in [1.82, 2.24) is 10.2 Å². The van der Waals surface area contributed by atoms with Crippen molar-refractivity contribution in [2.45, 2.75) is 18.5 Å². The summed E-state index contributed by atoms with van der Waals surface area (Å²) in [6.45, 7) is 0.413. The quantitative estimate of drug-likeness (QED) is 0.601. The molecule has 6 nitrogen and oxygen atoms in total. The van der Waals surface area contributed by atoms with Gasteiger partial charge in [-0.15, -0.1) is 11.3 Å². The molecule has 0 spiro atoms. The van der Waals surface area contributed by atoms with Gasteiger partial charge < -0.3 is 15.5 Å². The van der Waals surface area contributed by atoms with Gasteiger partial charge in [0.25, 0.3) is 11.8 Å². The topological polar surface area (TPSA) is 78.5 Å². The smallest absolute Gasteiger partial charge is 0.261 e. The molecule has 160 valence electrons. The van der Waals surface area contributed by atoms with Gasteiger partial charge in [-0.1, -0.05) is 54.6 Å². The fraction of sp³-hybridized carbons (Fsp3) is 0.160. The van der Waals surface area contributed by atoms with E-state index < -0.39 is 12.1 Å². The lowest BCUT2D eigenvalue weighted by molar-refractivity contribution is -0.120. The van der Waals surface area contributed by atoms with Gasteiger partial charge in [-0.25, -0.2) is 0 Å². The van der Waals surface area contributed by atoms with Gasteiger partial charge in [-0.2, -0.15) is 0 Å². The van der Waals surface area contributed by atoms with Gasteiger partial charge in [0.05, 0.1) is 22.2 Å². The first-order chi connectivity index (χ1) is 15.6. The Labute approximate surface area is 189 Å². The zero-order valence-corrected chi connectivity index (χ0v) is 18.0. The lowest BCUT2D eigenvalue weighted by Gasteiger charge is -2.24. The van der Waals surface area contributed by atoms with Gasteiger partial charge in [0.2, 0.25) is 5.91 Å². The number of nitrogens with one attached hydrogen (secondary N) is 2. The molecule has 0 unspecified atom stereocenters. The van der Waals surface area contributed by atoms with Crippen molar-refractivity contribution < 1.29 is 14.4 Å². The van der Waals surface area contributed by atoms with E-state index in [1.54, 1.807) is 23.1 Å². The molecule has 1 fully saturated rings. The number of hydrogen-bond donors (Lipinski definition) is 2. The summed E-state index contributed by atoms with van der Waals surface area (Å²) < 4.78 is 0. The van der Waals surface area contributed by atoms with Crippen LogP contribution in [0.5, 0.6) is 0 Å². The summed E-state index contributed by atoms with van der Waals surface area (Å²) in [5.74, 6) is -0.702. The highest BCUT2D eigenvalue weighted by Crippen LogP contribution is 2.30. The van der Waals surface area contributed by atoms with Gasteiger partial charge >= 0.3 is 0 Å². The Morgan fingerprint density at radius 1 is 1.03 bits per heavy atom. The maximum Gasteiger partial charge on any atom is 0.261 e. The highest BCUT2D eigenvalue weighted by Gasteiger charge is 2.45. The van der Waals surface area contributed by atoms with Crippen LogP contribution in [0.3, 0.4) is 0 Å². The molecule has 0 radical (unpaired) electrons. The number of carbonyl (C=O) groups excluding carboxylic acids is 3. The normalized spacial score (nSPS) is 19.9. The van der Waals surface area contributed by atoms with E-state index in [0.29, 0.717) is 29.1 Å². The number of benzene rings is 2. The van der Waals surface area contributed by atoms with Crippen molar-refractivity contribution in [3.8, 4) is 0 Å². The highest BCUT2D eigenvalue weighted by molar-refractivity contribution is 7.12. The van der Waals surface area contributed by atoms with Crippen molar-refractivity contribution in [3.05, 3.63) is 87.6 Å². The summed E-state index contributed by atoms with van der Waals surface area (Å²) in [5.41, 5.74) is 2.89. The van der Waals surface area contributed by atoms with Crippen LogP contribution in [0.1, 0.15) is 37.6 Å². The molecule has 2 aliphatic heterocycles. The molecule has 2 N–H and O–H groups in total. The van der Waals surface area contributed by atoms with Gasteiger partial charge in [-0.05, 0) is 41.1 Å². The van der Waals surface area contributed by atoms with Gasteiger partial charge in [-0.3, -0.25) is 14.4 Å². The first-order valence-electron chi connectivity index (χ1n) is 10.4. The van der Waals surface area contributed by atoms with E-state index in [1.165, 1.54) is 11.3 Å². The number of anilines is 1. The molecule has 1 saturated heterocycles. The van der Waals surface area contributed by atoms with Crippen molar-refractivity contribution in [2.24, 2.45) is 0 Å². The van der Waals surface area contributed by atoms with E-state index in [0.717, 1.165) is 11.1 Å². The number of nitrogens with zero attached hydrogens (tertiary/aromatic N) is 1. The Morgan fingerprint density at radius 3 is 2.62 bits per heavy atom. The summed E-state index contributed by atoms with van der Waals surface area (Å²) >= 11 is 1.34. The molecule has 3 amide bonds. The van der Waals surface area contributed by atoms with E-state index in [1.807, 2.05) is 60.0 Å². The van der Waals surface area contributed by atoms with Crippen LogP contribution < -0.4 is 10.6 Å². The number of carbonyl (C=O) groups is 3. The molecule has 32 heavy (non-hydrogen) atoms. The molecule has 1 aromatic heterocycles. The molecule has 0 aliphatic carbocycles. The fourth-order valence-electron chi connectivity index (χ4n) is 4.21. The van der Waals surface area contributed by atoms with E-state index in [9.17, 15) is 14.4 Å². The molecular weight excluding hydrogens is 422 g/mol. The minimum Gasteiger partial charge on any atom is -0.346 e.